The number of hydrogen-bond acceptors (Lipinski definition) is 5. The number of benzene rings is 1. The highest BCUT2D eigenvalue weighted by atomic mass is 16.5. The molecule has 0 atom stereocenters. The molecule has 6 heteroatoms. The molecule has 1 aliphatic heterocycles. The standard InChI is InChI=1S/C20H26N4O2/c1-13(2)16-7-5-6-14(3)18(16)23-20-21-15(4)12-17(22-20)19(25)24-8-10-26-11-9-24/h5-7,12-13H,8-11H2,1-4H3,(H,21,22,23). The van der Waals surface area contributed by atoms with Crippen LogP contribution in [0, 0.1) is 13.8 Å². The number of ether oxygens (including phenoxy) is 1. The number of nitrogens with one attached hydrogen (secondary N) is 1. The van der Waals surface area contributed by atoms with Gasteiger partial charge in [0.15, 0.2) is 0 Å². The van der Waals surface area contributed by atoms with Crippen molar-refractivity contribution in [2.75, 3.05) is 31.6 Å². The lowest BCUT2D eigenvalue weighted by Crippen LogP contribution is -2.41. The normalized spacial score (nSPS) is 14.6. The highest BCUT2D eigenvalue weighted by molar-refractivity contribution is 5.92. The van der Waals surface area contributed by atoms with Gasteiger partial charge >= 0.3 is 0 Å². The summed E-state index contributed by atoms with van der Waals surface area (Å²) in [5, 5.41) is 3.34. The van der Waals surface area contributed by atoms with Crippen LogP contribution >= 0.6 is 0 Å². The van der Waals surface area contributed by atoms with Crippen LogP contribution < -0.4 is 5.32 Å². The number of morpholine rings is 1. The van der Waals surface area contributed by atoms with Crippen LogP contribution in [0.3, 0.4) is 0 Å². The smallest absolute Gasteiger partial charge is 0.272 e. The Kier molecular flexibility index (Phi) is 5.52. The first kappa shape index (κ1) is 18.3. The summed E-state index contributed by atoms with van der Waals surface area (Å²) in [7, 11) is 0. The minimum atomic E-state index is -0.0734. The van der Waals surface area contributed by atoms with Crippen molar-refractivity contribution in [2.45, 2.75) is 33.6 Å². The minimum absolute atomic E-state index is 0.0734. The monoisotopic (exact) mass is 354 g/mol. The topological polar surface area (TPSA) is 67.4 Å². The maximum atomic E-state index is 12.8. The SMILES string of the molecule is Cc1cc(C(=O)N2CCOCC2)nc(Nc2c(C)cccc2C(C)C)n1. The van der Waals surface area contributed by atoms with Gasteiger partial charge in [0.05, 0.1) is 13.2 Å². The van der Waals surface area contributed by atoms with E-state index in [-0.39, 0.29) is 5.91 Å². The average Bonchev–Trinajstić information content (AvgIpc) is 2.63. The predicted octanol–water partition coefficient (Wildman–Crippen LogP) is 3.43. The zero-order chi connectivity index (χ0) is 18.7. The van der Waals surface area contributed by atoms with Crippen molar-refractivity contribution in [1.29, 1.82) is 0 Å². The molecule has 26 heavy (non-hydrogen) atoms. The highest BCUT2D eigenvalue weighted by Gasteiger charge is 2.21. The molecule has 0 spiro atoms. The number of anilines is 2. The number of aryl methyl sites for hydroxylation is 2. The van der Waals surface area contributed by atoms with Gasteiger partial charge in [-0.3, -0.25) is 4.79 Å². The van der Waals surface area contributed by atoms with Crippen LogP contribution in [0.25, 0.3) is 0 Å². The van der Waals surface area contributed by atoms with Gasteiger partial charge in [-0.15, -0.1) is 0 Å². The molecular formula is C20H26N4O2. The second kappa shape index (κ2) is 7.83. The Balaban J connectivity index is 1.90. The van der Waals surface area contributed by atoms with E-state index in [1.807, 2.05) is 6.92 Å². The third-order valence-electron chi connectivity index (χ3n) is 4.54. The first-order chi connectivity index (χ1) is 12.5. The zero-order valence-corrected chi connectivity index (χ0v) is 15.9. The summed E-state index contributed by atoms with van der Waals surface area (Å²) >= 11 is 0. The van der Waals surface area contributed by atoms with E-state index in [1.54, 1.807) is 11.0 Å². The Morgan fingerprint density at radius 2 is 1.92 bits per heavy atom. The second-order valence-corrected chi connectivity index (χ2v) is 6.94. The summed E-state index contributed by atoms with van der Waals surface area (Å²) in [6.07, 6.45) is 0. The lowest BCUT2D eigenvalue weighted by atomic mass is 9.98. The number of amides is 1. The molecule has 6 nitrogen and oxygen atoms in total. The maximum Gasteiger partial charge on any atom is 0.272 e. The van der Waals surface area contributed by atoms with E-state index in [1.165, 1.54) is 5.56 Å². The van der Waals surface area contributed by atoms with Crippen LogP contribution in [0.5, 0.6) is 0 Å². The van der Waals surface area contributed by atoms with Gasteiger partial charge in [-0.05, 0) is 37.0 Å². The van der Waals surface area contributed by atoms with E-state index in [9.17, 15) is 4.79 Å². The average molecular weight is 354 g/mol. The Morgan fingerprint density at radius 3 is 2.62 bits per heavy atom. The number of carbonyl (C=O) groups excluding carboxylic acids is 1. The molecule has 1 N–H and O–H groups in total. The molecular weight excluding hydrogens is 328 g/mol. The predicted molar refractivity (Wildman–Crippen MR) is 102 cm³/mol. The van der Waals surface area contributed by atoms with E-state index < -0.39 is 0 Å². The van der Waals surface area contributed by atoms with Crippen LogP contribution in [0.4, 0.5) is 11.6 Å². The van der Waals surface area contributed by atoms with Crippen LogP contribution in [0.15, 0.2) is 24.3 Å². The molecule has 0 aliphatic carbocycles. The Labute approximate surface area is 154 Å². The molecule has 0 radical (unpaired) electrons. The fraction of sp³-hybridized carbons (Fsp3) is 0.450. The summed E-state index contributed by atoms with van der Waals surface area (Å²) in [5.41, 5.74) is 4.52. The summed E-state index contributed by atoms with van der Waals surface area (Å²) in [4.78, 5) is 23.5. The highest BCUT2D eigenvalue weighted by Crippen LogP contribution is 2.29. The molecule has 1 aromatic heterocycles. The lowest BCUT2D eigenvalue weighted by molar-refractivity contribution is 0.0299. The molecule has 0 saturated carbocycles. The number of hydrogen-bond donors (Lipinski definition) is 1. The molecule has 1 aliphatic rings. The van der Waals surface area contributed by atoms with Crippen molar-refractivity contribution in [1.82, 2.24) is 14.9 Å². The van der Waals surface area contributed by atoms with Crippen molar-refractivity contribution < 1.29 is 9.53 Å². The van der Waals surface area contributed by atoms with Gasteiger partial charge in [-0.25, -0.2) is 9.97 Å². The molecule has 1 aromatic carbocycles. The van der Waals surface area contributed by atoms with Crippen molar-refractivity contribution in [3.05, 3.63) is 46.8 Å². The number of carbonyl (C=O) groups is 1. The van der Waals surface area contributed by atoms with Crippen LogP contribution in [-0.4, -0.2) is 47.1 Å². The Morgan fingerprint density at radius 1 is 1.19 bits per heavy atom. The van der Waals surface area contributed by atoms with Crippen molar-refractivity contribution in [2.24, 2.45) is 0 Å². The number of nitrogens with zero attached hydrogens (tertiary/aromatic N) is 3. The molecule has 0 unspecified atom stereocenters. The Bertz CT molecular complexity index is 798. The minimum Gasteiger partial charge on any atom is -0.378 e. The third kappa shape index (κ3) is 4.02. The third-order valence-corrected chi connectivity index (χ3v) is 4.54. The molecule has 3 rings (SSSR count). The van der Waals surface area contributed by atoms with E-state index >= 15 is 0 Å². The molecule has 138 valence electrons. The maximum absolute atomic E-state index is 12.8. The second-order valence-electron chi connectivity index (χ2n) is 6.94. The van der Waals surface area contributed by atoms with E-state index in [0.29, 0.717) is 43.9 Å². The number of aromatic nitrogens is 2. The molecule has 1 amide bonds. The Hall–Kier alpha value is -2.47. The summed E-state index contributed by atoms with van der Waals surface area (Å²) in [6.45, 7) is 10.6. The van der Waals surface area contributed by atoms with Gasteiger partial charge in [-0.1, -0.05) is 32.0 Å². The fourth-order valence-electron chi connectivity index (χ4n) is 3.12. The molecule has 1 fully saturated rings. The summed E-state index contributed by atoms with van der Waals surface area (Å²) in [5.74, 6) is 0.755. The lowest BCUT2D eigenvalue weighted by Gasteiger charge is -2.26. The first-order valence-corrected chi connectivity index (χ1v) is 9.05. The van der Waals surface area contributed by atoms with Gasteiger partial charge in [0.25, 0.3) is 5.91 Å². The fourth-order valence-corrected chi connectivity index (χ4v) is 3.12. The van der Waals surface area contributed by atoms with Crippen molar-refractivity contribution in [3.63, 3.8) is 0 Å². The molecule has 0 bridgehead atoms. The van der Waals surface area contributed by atoms with Gasteiger partial charge in [0.1, 0.15) is 5.69 Å². The van der Waals surface area contributed by atoms with Crippen LogP contribution in [0.1, 0.15) is 47.1 Å². The van der Waals surface area contributed by atoms with Gasteiger partial charge < -0.3 is 15.0 Å². The van der Waals surface area contributed by atoms with E-state index in [4.69, 9.17) is 4.74 Å². The van der Waals surface area contributed by atoms with E-state index in [0.717, 1.165) is 16.9 Å². The summed E-state index contributed by atoms with van der Waals surface area (Å²) < 4.78 is 5.32. The largest absolute Gasteiger partial charge is 0.378 e. The van der Waals surface area contributed by atoms with Crippen LogP contribution in [0.2, 0.25) is 0 Å². The van der Waals surface area contributed by atoms with Crippen LogP contribution in [-0.2, 0) is 4.74 Å². The van der Waals surface area contributed by atoms with Gasteiger partial charge in [-0.2, -0.15) is 0 Å². The quantitative estimate of drug-likeness (QED) is 0.911. The number of para-hydroxylation sites is 1. The molecule has 1 saturated heterocycles. The summed E-state index contributed by atoms with van der Waals surface area (Å²) in [6, 6.07) is 7.96. The van der Waals surface area contributed by atoms with Gasteiger partial charge in [0.2, 0.25) is 5.95 Å². The van der Waals surface area contributed by atoms with Gasteiger partial charge in [0, 0.05) is 24.5 Å². The molecule has 2 aromatic rings. The van der Waals surface area contributed by atoms with E-state index in [2.05, 4.69) is 54.3 Å². The van der Waals surface area contributed by atoms with Crippen molar-refractivity contribution in [3.8, 4) is 0 Å². The number of rotatable bonds is 4. The molecule has 2 heterocycles. The first-order valence-electron chi connectivity index (χ1n) is 9.05. The zero-order valence-electron chi connectivity index (χ0n) is 15.9. The van der Waals surface area contributed by atoms with Crippen molar-refractivity contribution >= 4 is 17.5 Å².